The van der Waals surface area contributed by atoms with E-state index in [-0.39, 0.29) is 12.4 Å². The van der Waals surface area contributed by atoms with Gasteiger partial charge < -0.3 is 13.9 Å². The Bertz CT molecular complexity index is 848. The van der Waals surface area contributed by atoms with Gasteiger partial charge in [0.1, 0.15) is 17.9 Å². The summed E-state index contributed by atoms with van der Waals surface area (Å²) in [4.78, 5) is 11.7. The molecular weight excluding hydrogens is 304 g/mol. The molecule has 24 heavy (non-hydrogen) atoms. The molecule has 0 aliphatic carbocycles. The molecule has 0 N–H and O–H groups in total. The Labute approximate surface area is 141 Å². The van der Waals surface area contributed by atoms with E-state index in [1.54, 1.807) is 13.2 Å². The van der Waals surface area contributed by atoms with Gasteiger partial charge in [-0.1, -0.05) is 18.2 Å². The van der Waals surface area contributed by atoms with Gasteiger partial charge in [0.2, 0.25) is 0 Å². The van der Waals surface area contributed by atoms with Crippen molar-refractivity contribution in [2.45, 2.75) is 26.9 Å². The zero-order valence-corrected chi connectivity index (χ0v) is 13.9. The molecule has 4 heteroatoms. The highest BCUT2D eigenvalue weighted by Crippen LogP contribution is 2.24. The highest BCUT2D eigenvalue weighted by molar-refractivity contribution is 5.81. The second-order valence-corrected chi connectivity index (χ2v) is 5.63. The Kier molecular flexibility index (Phi) is 4.85. The fourth-order valence-electron chi connectivity index (χ4n) is 2.74. The van der Waals surface area contributed by atoms with E-state index in [0.717, 1.165) is 27.7 Å². The van der Waals surface area contributed by atoms with Crippen molar-refractivity contribution < 1.29 is 18.7 Å². The van der Waals surface area contributed by atoms with E-state index in [1.807, 2.05) is 37.3 Å². The first-order chi connectivity index (χ1) is 11.7. The number of furan rings is 1. The molecule has 0 atom stereocenters. The highest BCUT2D eigenvalue weighted by atomic mass is 16.5. The van der Waals surface area contributed by atoms with Crippen molar-refractivity contribution >= 4 is 16.9 Å². The summed E-state index contributed by atoms with van der Waals surface area (Å²) in [5.41, 5.74) is 3.88. The molecule has 1 aromatic heterocycles. The molecule has 124 valence electrons. The number of rotatable bonds is 6. The first-order valence-corrected chi connectivity index (χ1v) is 8.00. The number of carbonyl (C=O) groups excluding carboxylic acids is 1. The lowest BCUT2D eigenvalue weighted by atomic mass is 10.1. The molecule has 0 aliphatic heterocycles. The maximum Gasteiger partial charge on any atom is 0.310 e. The van der Waals surface area contributed by atoms with Gasteiger partial charge in [0, 0.05) is 10.9 Å². The summed E-state index contributed by atoms with van der Waals surface area (Å²) in [5, 5.41) is 1.06. The van der Waals surface area contributed by atoms with E-state index in [2.05, 4.69) is 12.1 Å². The maximum absolute atomic E-state index is 11.7. The lowest BCUT2D eigenvalue weighted by Crippen LogP contribution is -2.09. The fraction of sp³-hybridized carbons (Fsp3) is 0.250. The number of hydrogen-bond acceptors (Lipinski definition) is 4. The Morgan fingerprint density at radius 3 is 2.83 bits per heavy atom. The summed E-state index contributed by atoms with van der Waals surface area (Å²) >= 11 is 0. The minimum atomic E-state index is -0.246. The zero-order valence-electron chi connectivity index (χ0n) is 13.9. The van der Waals surface area contributed by atoms with Crippen LogP contribution in [0.4, 0.5) is 0 Å². The van der Waals surface area contributed by atoms with Crippen molar-refractivity contribution in [1.82, 2.24) is 0 Å². The first-order valence-electron chi connectivity index (χ1n) is 8.00. The molecule has 3 rings (SSSR count). The van der Waals surface area contributed by atoms with Gasteiger partial charge in [0.15, 0.2) is 0 Å². The van der Waals surface area contributed by atoms with E-state index in [1.165, 1.54) is 0 Å². The largest absolute Gasteiger partial charge is 0.489 e. The second kappa shape index (κ2) is 7.21. The number of benzene rings is 2. The summed E-state index contributed by atoms with van der Waals surface area (Å²) in [5.74, 6) is 0.458. The summed E-state index contributed by atoms with van der Waals surface area (Å²) < 4.78 is 16.4. The smallest absolute Gasteiger partial charge is 0.310 e. The molecular formula is C20H20O4. The van der Waals surface area contributed by atoms with Gasteiger partial charge in [0.25, 0.3) is 0 Å². The molecule has 0 spiro atoms. The van der Waals surface area contributed by atoms with Crippen LogP contribution in [0.1, 0.15) is 23.6 Å². The van der Waals surface area contributed by atoms with Crippen LogP contribution in [0, 0.1) is 6.92 Å². The third-order valence-corrected chi connectivity index (χ3v) is 3.80. The number of aryl methyl sites for hydroxylation is 1. The topological polar surface area (TPSA) is 48.7 Å². The van der Waals surface area contributed by atoms with Crippen LogP contribution in [-0.4, -0.2) is 12.6 Å². The minimum Gasteiger partial charge on any atom is -0.489 e. The van der Waals surface area contributed by atoms with Gasteiger partial charge in [-0.15, -0.1) is 0 Å². The lowest BCUT2D eigenvalue weighted by Gasteiger charge is -2.12. The molecule has 0 saturated carbocycles. The van der Waals surface area contributed by atoms with Crippen LogP contribution in [0.25, 0.3) is 11.0 Å². The molecule has 0 unspecified atom stereocenters. The van der Waals surface area contributed by atoms with Crippen LogP contribution in [0.2, 0.25) is 0 Å². The summed E-state index contributed by atoms with van der Waals surface area (Å²) in [6, 6.07) is 13.6. The average molecular weight is 324 g/mol. The van der Waals surface area contributed by atoms with Gasteiger partial charge in [-0.25, -0.2) is 0 Å². The van der Waals surface area contributed by atoms with Crippen molar-refractivity contribution in [1.29, 1.82) is 0 Å². The predicted octanol–water partition coefficient (Wildman–Crippen LogP) is 4.43. The third-order valence-electron chi connectivity index (χ3n) is 3.80. The number of esters is 1. The molecule has 0 fully saturated rings. The van der Waals surface area contributed by atoms with Crippen LogP contribution < -0.4 is 4.74 Å². The predicted molar refractivity (Wildman–Crippen MR) is 92.1 cm³/mol. The van der Waals surface area contributed by atoms with E-state index in [0.29, 0.717) is 19.0 Å². The van der Waals surface area contributed by atoms with Gasteiger partial charge in [-0.05, 0) is 49.2 Å². The minimum absolute atomic E-state index is 0.212. The number of hydrogen-bond donors (Lipinski definition) is 0. The summed E-state index contributed by atoms with van der Waals surface area (Å²) in [6.45, 7) is 4.63. The fourth-order valence-corrected chi connectivity index (χ4v) is 2.74. The zero-order chi connectivity index (χ0) is 16.9. The molecule has 4 nitrogen and oxygen atoms in total. The van der Waals surface area contributed by atoms with Crippen molar-refractivity contribution in [2.24, 2.45) is 0 Å². The van der Waals surface area contributed by atoms with Crippen molar-refractivity contribution in [3.8, 4) is 5.75 Å². The molecule has 0 radical (unpaired) electrons. The van der Waals surface area contributed by atoms with Gasteiger partial charge in [-0.2, -0.15) is 0 Å². The highest BCUT2D eigenvalue weighted by Gasteiger charge is 2.10. The van der Waals surface area contributed by atoms with Crippen molar-refractivity contribution in [3.05, 3.63) is 65.4 Å². The summed E-state index contributed by atoms with van der Waals surface area (Å²) in [7, 11) is 0. The quantitative estimate of drug-likeness (QED) is 0.630. The van der Waals surface area contributed by atoms with Crippen LogP contribution in [-0.2, 0) is 22.6 Å². The van der Waals surface area contributed by atoms with E-state index in [9.17, 15) is 4.79 Å². The Balaban J connectivity index is 1.75. The van der Waals surface area contributed by atoms with Crippen molar-refractivity contribution in [3.63, 3.8) is 0 Å². The van der Waals surface area contributed by atoms with E-state index >= 15 is 0 Å². The monoisotopic (exact) mass is 324 g/mol. The number of para-hydroxylation sites is 1. The van der Waals surface area contributed by atoms with Crippen LogP contribution in [0.5, 0.6) is 5.75 Å². The SMILES string of the molecule is CCOC(=O)Cc1ccccc1OCc1cc(C)c2occc2c1. The molecule has 0 amide bonds. The molecule has 1 heterocycles. The molecule has 0 aliphatic rings. The standard InChI is InChI=1S/C20H20O4/c1-3-22-19(21)12-16-6-4-5-7-18(16)24-13-15-10-14(2)20-17(11-15)8-9-23-20/h4-11H,3,12-13H2,1-2H3. The average Bonchev–Trinajstić information content (AvgIpc) is 3.03. The second-order valence-electron chi connectivity index (χ2n) is 5.63. The Hall–Kier alpha value is -2.75. The Morgan fingerprint density at radius 1 is 1.17 bits per heavy atom. The van der Waals surface area contributed by atoms with Gasteiger partial charge in [0.05, 0.1) is 19.3 Å². The molecule has 3 aromatic rings. The first kappa shape index (κ1) is 16.1. The lowest BCUT2D eigenvalue weighted by molar-refractivity contribution is -0.142. The number of fused-ring (bicyclic) bond motifs is 1. The summed E-state index contributed by atoms with van der Waals surface area (Å²) in [6.07, 6.45) is 1.90. The van der Waals surface area contributed by atoms with Crippen molar-refractivity contribution in [2.75, 3.05) is 6.61 Å². The van der Waals surface area contributed by atoms with E-state index < -0.39 is 0 Å². The van der Waals surface area contributed by atoms with Crippen LogP contribution in [0.15, 0.2) is 53.1 Å². The van der Waals surface area contributed by atoms with Gasteiger partial charge >= 0.3 is 5.97 Å². The maximum atomic E-state index is 11.7. The van der Waals surface area contributed by atoms with Crippen LogP contribution >= 0.6 is 0 Å². The van der Waals surface area contributed by atoms with E-state index in [4.69, 9.17) is 13.9 Å². The van der Waals surface area contributed by atoms with Gasteiger partial charge in [-0.3, -0.25) is 4.79 Å². The molecule has 0 saturated heterocycles. The third kappa shape index (κ3) is 3.59. The van der Waals surface area contributed by atoms with Crippen LogP contribution in [0.3, 0.4) is 0 Å². The number of carbonyl (C=O) groups is 1. The number of ether oxygens (including phenoxy) is 2. The molecule has 2 aromatic carbocycles. The molecule has 0 bridgehead atoms. The normalized spacial score (nSPS) is 10.8. The Morgan fingerprint density at radius 2 is 2.00 bits per heavy atom.